The molecule has 4 heteroatoms. The van der Waals surface area contributed by atoms with E-state index in [1.54, 1.807) is 7.11 Å². The summed E-state index contributed by atoms with van der Waals surface area (Å²) >= 11 is 0. The minimum Gasteiger partial charge on any atom is -0.496 e. The Balaban J connectivity index is 1.58. The fourth-order valence-electron chi connectivity index (χ4n) is 3.48. The molecule has 3 rings (SSSR count). The molecule has 1 heterocycles. The van der Waals surface area contributed by atoms with E-state index in [1.165, 1.54) is 11.1 Å². The van der Waals surface area contributed by atoms with Crippen molar-refractivity contribution >= 4 is 5.91 Å². The van der Waals surface area contributed by atoms with Gasteiger partial charge in [0.05, 0.1) is 7.11 Å². The van der Waals surface area contributed by atoms with Crippen molar-refractivity contribution < 1.29 is 9.53 Å². The molecule has 1 fully saturated rings. The van der Waals surface area contributed by atoms with E-state index in [-0.39, 0.29) is 11.3 Å². The van der Waals surface area contributed by atoms with Crippen LogP contribution in [-0.2, 0) is 12.0 Å². The van der Waals surface area contributed by atoms with Gasteiger partial charge in [-0.05, 0) is 29.2 Å². The Morgan fingerprint density at radius 1 is 0.963 bits per heavy atom. The second-order valence-corrected chi connectivity index (χ2v) is 8.21. The molecule has 0 radical (unpaired) electrons. The lowest BCUT2D eigenvalue weighted by Crippen LogP contribution is -2.48. The number of hydrogen-bond donors (Lipinski definition) is 0. The van der Waals surface area contributed by atoms with Gasteiger partial charge in [-0.15, -0.1) is 0 Å². The number of nitrogens with zero attached hydrogens (tertiary/aromatic N) is 2. The van der Waals surface area contributed by atoms with Gasteiger partial charge in [0.15, 0.2) is 0 Å². The molecular formula is C23H30N2O2. The summed E-state index contributed by atoms with van der Waals surface area (Å²) in [6.45, 7) is 10.7. The van der Waals surface area contributed by atoms with Gasteiger partial charge in [-0.25, -0.2) is 0 Å². The molecule has 4 nitrogen and oxygen atoms in total. The molecule has 0 bridgehead atoms. The highest BCUT2D eigenvalue weighted by atomic mass is 16.5. The molecule has 0 spiro atoms. The Hall–Kier alpha value is -2.33. The molecule has 144 valence electrons. The number of hydrogen-bond acceptors (Lipinski definition) is 3. The summed E-state index contributed by atoms with van der Waals surface area (Å²) in [7, 11) is 1.71. The average molecular weight is 367 g/mol. The van der Waals surface area contributed by atoms with Crippen LogP contribution in [0, 0.1) is 0 Å². The molecule has 0 aliphatic carbocycles. The summed E-state index contributed by atoms with van der Waals surface area (Å²) in [6.07, 6.45) is 0. The molecule has 1 aliphatic rings. The molecule has 0 atom stereocenters. The summed E-state index contributed by atoms with van der Waals surface area (Å²) in [6, 6.07) is 16.2. The predicted molar refractivity (Wildman–Crippen MR) is 109 cm³/mol. The summed E-state index contributed by atoms with van der Waals surface area (Å²) in [5, 5.41) is 0. The van der Waals surface area contributed by atoms with Gasteiger partial charge >= 0.3 is 0 Å². The molecule has 0 unspecified atom stereocenters. The second kappa shape index (κ2) is 8.13. The highest BCUT2D eigenvalue weighted by Crippen LogP contribution is 2.23. The van der Waals surface area contributed by atoms with E-state index in [4.69, 9.17) is 4.74 Å². The quantitative estimate of drug-likeness (QED) is 0.821. The van der Waals surface area contributed by atoms with E-state index in [0.29, 0.717) is 0 Å². The Morgan fingerprint density at radius 3 is 2.19 bits per heavy atom. The first kappa shape index (κ1) is 19.4. The average Bonchev–Trinajstić information content (AvgIpc) is 2.68. The van der Waals surface area contributed by atoms with Crippen molar-refractivity contribution in [3.8, 4) is 5.75 Å². The van der Waals surface area contributed by atoms with Crippen LogP contribution < -0.4 is 4.74 Å². The van der Waals surface area contributed by atoms with Gasteiger partial charge in [0, 0.05) is 43.9 Å². The number of piperazine rings is 1. The van der Waals surface area contributed by atoms with E-state index in [1.807, 2.05) is 35.2 Å². The zero-order valence-corrected chi connectivity index (χ0v) is 16.9. The Kier molecular flexibility index (Phi) is 5.85. The molecule has 2 aromatic rings. The smallest absolute Gasteiger partial charge is 0.253 e. The van der Waals surface area contributed by atoms with Crippen LogP contribution >= 0.6 is 0 Å². The largest absolute Gasteiger partial charge is 0.496 e. The van der Waals surface area contributed by atoms with Crippen LogP contribution in [0.5, 0.6) is 5.75 Å². The first-order valence-electron chi connectivity index (χ1n) is 9.62. The van der Waals surface area contributed by atoms with Crippen molar-refractivity contribution in [3.05, 3.63) is 65.2 Å². The van der Waals surface area contributed by atoms with E-state index in [2.05, 4.69) is 43.9 Å². The van der Waals surface area contributed by atoms with Gasteiger partial charge in [0.2, 0.25) is 0 Å². The lowest BCUT2D eigenvalue weighted by molar-refractivity contribution is 0.0627. The molecule has 0 aromatic heterocycles. The molecular weight excluding hydrogens is 336 g/mol. The summed E-state index contributed by atoms with van der Waals surface area (Å²) in [5.74, 6) is 1.06. The monoisotopic (exact) mass is 366 g/mol. The molecule has 1 saturated heterocycles. The summed E-state index contributed by atoms with van der Waals surface area (Å²) < 4.78 is 5.45. The van der Waals surface area contributed by atoms with Crippen molar-refractivity contribution in [1.29, 1.82) is 0 Å². The maximum atomic E-state index is 12.8. The van der Waals surface area contributed by atoms with Crippen molar-refractivity contribution in [3.63, 3.8) is 0 Å². The zero-order valence-electron chi connectivity index (χ0n) is 16.9. The van der Waals surface area contributed by atoms with Crippen LogP contribution in [-0.4, -0.2) is 49.0 Å². The number of ether oxygens (including phenoxy) is 1. The molecule has 1 amide bonds. The van der Waals surface area contributed by atoms with Crippen LogP contribution in [0.3, 0.4) is 0 Å². The summed E-state index contributed by atoms with van der Waals surface area (Å²) in [4.78, 5) is 17.2. The normalized spacial score (nSPS) is 15.6. The number of benzene rings is 2. The Labute approximate surface area is 162 Å². The fourth-order valence-corrected chi connectivity index (χ4v) is 3.48. The third-order valence-corrected chi connectivity index (χ3v) is 5.24. The van der Waals surface area contributed by atoms with Crippen LogP contribution in [0.25, 0.3) is 0 Å². The van der Waals surface area contributed by atoms with Crippen LogP contribution in [0.15, 0.2) is 48.5 Å². The SMILES string of the molecule is COc1ccccc1CN1CCN(C(=O)c2ccc(C(C)(C)C)cc2)CC1. The number of carbonyl (C=O) groups excluding carboxylic acids is 1. The Bertz CT molecular complexity index is 770. The van der Waals surface area contributed by atoms with Gasteiger partial charge in [0.25, 0.3) is 5.91 Å². The first-order valence-corrected chi connectivity index (χ1v) is 9.62. The highest BCUT2D eigenvalue weighted by Gasteiger charge is 2.23. The number of methoxy groups -OCH3 is 1. The number of rotatable bonds is 4. The fraction of sp³-hybridized carbons (Fsp3) is 0.435. The lowest BCUT2D eigenvalue weighted by Gasteiger charge is -2.35. The number of para-hydroxylation sites is 1. The highest BCUT2D eigenvalue weighted by molar-refractivity contribution is 5.94. The number of carbonyl (C=O) groups is 1. The van der Waals surface area contributed by atoms with Crippen LogP contribution in [0.2, 0.25) is 0 Å². The van der Waals surface area contributed by atoms with Gasteiger partial charge in [0.1, 0.15) is 5.75 Å². The van der Waals surface area contributed by atoms with E-state index < -0.39 is 0 Å². The van der Waals surface area contributed by atoms with Gasteiger partial charge in [-0.2, -0.15) is 0 Å². The third-order valence-electron chi connectivity index (χ3n) is 5.24. The predicted octanol–water partition coefficient (Wildman–Crippen LogP) is 3.95. The van der Waals surface area contributed by atoms with Gasteiger partial charge < -0.3 is 9.64 Å². The molecule has 27 heavy (non-hydrogen) atoms. The topological polar surface area (TPSA) is 32.8 Å². The van der Waals surface area contributed by atoms with Crippen molar-refractivity contribution in [1.82, 2.24) is 9.80 Å². The molecule has 0 N–H and O–H groups in total. The molecule has 0 saturated carbocycles. The first-order chi connectivity index (χ1) is 12.9. The number of amides is 1. The summed E-state index contributed by atoms with van der Waals surface area (Å²) in [5.41, 5.74) is 3.32. The minimum atomic E-state index is 0.103. The van der Waals surface area contributed by atoms with E-state index in [9.17, 15) is 4.79 Å². The second-order valence-electron chi connectivity index (χ2n) is 8.21. The zero-order chi connectivity index (χ0) is 19.4. The van der Waals surface area contributed by atoms with E-state index >= 15 is 0 Å². The van der Waals surface area contributed by atoms with Crippen LogP contribution in [0.4, 0.5) is 0 Å². The Morgan fingerprint density at radius 2 is 1.59 bits per heavy atom. The minimum absolute atomic E-state index is 0.103. The standard InChI is InChI=1S/C23H30N2O2/c1-23(2,3)20-11-9-18(10-12-20)22(26)25-15-13-24(14-16-25)17-19-7-5-6-8-21(19)27-4/h5-12H,13-17H2,1-4H3. The van der Waals surface area contributed by atoms with Gasteiger partial charge in [-0.3, -0.25) is 9.69 Å². The molecule has 1 aliphatic heterocycles. The van der Waals surface area contributed by atoms with Gasteiger partial charge in [-0.1, -0.05) is 51.1 Å². The van der Waals surface area contributed by atoms with Crippen LogP contribution in [0.1, 0.15) is 42.3 Å². The van der Waals surface area contributed by atoms with Crippen molar-refractivity contribution in [2.75, 3.05) is 33.3 Å². The third kappa shape index (κ3) is 4.69. The van der Waals surface area contributed by atoms with Crippen molar-refractivity contribution in [2.24, 2.45) is 0 Å². The molecule has 2 aromatic carbocycles. The van der Waals surface area contributed by atoms with Crippen molar-refractivity contribution in [2.45, 2.75) is 32.7 Å². The maximum Gasteiger partial charge on any atom is 0.253 e. The maximum absolute atomic E-state index is 12.8. The lowest BCUT2D eigenvalue weighted by atomic mass is 9.86. The van der Waals surface area contributed by atoms with E-state index in [0.717, 1.165) is 44.0 Å².